The van der Waals surface area contributed by atoms with Gasteiger partial charge in [-0.05, 0) is 0 Å². The Morgan fingerprint density at radius 2 is 2.15 bits per heavy atom. The summed E-state index contributed by atoms with van der Waals surface area (Å²) < 4.78 is 37.7. The highest BCUT2D eigenvalue weighted by molar-refractivity contribution is 5.83. The van der Waals surface area contributed by atoms with Gasteiger partial charge in [-0.2, -0.15) is 18.3 Å². The second-order valence-electron chi connectivity index (χ2n) is 4.14. The molecule has 0 radical (unpaired) electrons. The molecule has 112 valence electrons. The molecule has 7 nitrogen and oxygen atoms in total. The first kappa shape index (κ1) is 15.8. The molecule has 1 aromatic heterocycles. The van der Waals surface area contributed by atoms with Crippen molar-refractivity contribution in [1.82, 2.24) is 20.0 Å². The summed E-state index contributed by atoms with van der Waals surface area (Å²) in [6.07, 6.45) is -2.00. The van der Waals surface area contributed by atoms with Crippen LogP contribution in [0.4, 0.5) is 18.0 Å². The van der Waals surface area contributed by atoms with Gasteiger partial charge in [0, 0.05) is 25.9 Å². The predicted octanol–water partition coefficient (Wildman–Crippen LogP) is 0.749. The number of hydrogen-bond acceptors (Lipinski definition) is 3. The third-order valence-electron chi connectivity index (χ3n) is 2.34. The van der Waals surface area contributed by atoms with Crippen LogP contribution < -0.4 is 5.32 Å². The highest BCUT2D eigenvalue weighted by Gasteiger charge is 2.33. The van der Waals surface area contributed by atoms with E-state index in [-0.39, 0.29) is 5.56 Å². The molecule has 0 aliphatic carbocycles. The smallest absolute Gasteiger partial charge is 0.406 e. The largest absolute Gasteiger partial charge is 0.479 e. The molecule has 2 N–H and O–H groups in total. The number of carboxylic acids is 1. The van der Waals surface area contributed by atoms with Crippen molar-refractivity contribution in [3.63, 3.8) is 0 Å². The van der Waals surface area contributed by atoms with Crippen molar-refractivity contribution in [3.05, 3.63) is 18.0 Å². The van der Waals surface area contributed by atoms with E-state index in [1.54, 1.807) is 7.05 Å². The van der Waals surface area contributed by atoms with E-state index < -0.39 is 30.8 Å². The van der Waals surface area contributed by atoms with Crippen molar-refractivity contribution in [1.29, 1.82) is 0 Å². The van der Waals surface area contributed by atoms with Gasteiger partial charge in [0.1, 0.15) is 6.54 Å². The van der Waals surface area contributed by atoms with Crippen LogP contribution in [0, 0.1) is 0 Å². The normalized spacial score (nSPS) is 12.8. The lowest BCUT2D eigenvalue weighted by Crippen LogP contribution is -2.45. The maximum Gasteiger partial charge on any atom is 0.406 e. The fraction of sp³-hybridized carbons (Fsp3) is 0.500. The van der Waals surface area contributed by atoms with Gasteiger partial charge in [0.05, 0.1) is 6.20 Å². The first-order chi connectivity index (χ1) is 9.10. The third-order valence-corrected chi connectivity index (χ3v) is 2.34. The number of amides is 2. The van der Waals surface area contributed by atoms with Crippen LogP contribution in [0.15, 0.2) is 12.4 Å². The first-order valence-electron chi connectivity index (χ1n) is 5.40. The average molecular weight is 294 g/mol. The minimum absolute atomic E-state index is 0.161. The minimum atomic E-state index is -4.56. The molecule has 1 aromatic rings. The van der Waals surface area contributed by atoms with Gasteiger partial charge in [0.15, 0.2) is 6.04 Å². The molecule has 0 spiro atoms. The van der Waals surface area contributed by atoms with Crippen LogP contribution >= 0.6 is 0 Å². The van der Waals surface area contributed by atoms with E-state index in [2.05, 4.69) is 5.10 Å². The summed E-state index contributed by atoms with van der Waals surface area (Å²) in [6.45, 7) is -1.47. The fourth-order valence-corrected chi connectivity index (χ4v) is 1.45. The fourth-order valence-electron chi connectivity index (χ4n) is 1.45. The summed E-state index contributed by atoms with van der Waals surface area (Å²) in [4.78, 5) is 23.0. The summed E-state index contributed by atoms with van der Waals surface area (Å²) in [6, 6.07) is -2.61. The SMILES string of the molecule is CN(CC(F)(F)F)C(=O)NC(C(=O)O)c1cnn(C)c1. The molecule has 1 heterocycles. The number of rotatable bonds is 4. The summed E-state index contributed by atoms with van der Waals surface area (Å²) in [5.74, 6) is -1.40. The summed E-state index contributed by atoms with van der Waals surface area (Å²) in [5.41, 5.74) is 0.161. The van der Waals surface area contributed by atoms with Gasteiger partial charge in [-0.1, -0.05) is 0 Å². The Labute approximate surface area is 112 Å². The molecule has 1 atom stereocenters. The number of urea groups is 1. The Morgan fingerprint density at radius 1 is 1.55 bits per heavy atom. The van der Waals surface area contributed by atoms with E-state index in [0.717, 1.165) is 7.05 Å². The Balaban J connectivity index is 2.77. The second-order valence-corrected chi connectivity index (χ2v) is 4.14. The molecule has 0 aliphatic rings. The number of aromatic nitrogens is 2. The maximum atomic E-state index is 12.1. The van der Waals surface area contributed by atoms with Crippen molar-refractivity contribution in [3.8, 4) is 0 Å². The summed E-state index contributed by atoms with van der Waals surface area (Å²) >= 11 is 0. The molecular formula is C10H13F3N4O3. The number of aryl methyl sites for hydroxylation is 1. The maximum absolute atomic E-state index is 12.1. The average Bonchev–Trinajstić information content (AvgIpc) is 2.69. The lowest BCUT2D eigenvalue weighted by molar-refractivity contribution is -0.140. The highest BCUT2D eigenvalue weighted by Crippen LogP contribution is 2.17. The number of hydrogen-bond donors (Lipinski definition) is 2. The molecule has 1 unspecified atom stereocenters. The molecule has 20 heavy (non-hydrogen) atoms. The summed E-state index contributed by atoms with van der Waals surface area (Å²) in [5, 5.41) is 14.7. The minimum Gasteiger partial charge on any atom is -0.479 e. The van der Waals surface area contributed by atoms with Crippen LogP contribution in [0.2, 0.25) is 0 Å². The molecule has 0 aromatic carbocycles. The van der Waals surface area contributed by atoms with Crippen molar-refractivity contribution in [2.24, 2.45) is 7.05 Å². The zero-order valence-electron chi connectivity index (χ0n) is 10.7. The number of carbonyl (C=O) groups excluding carboxylic acids is 1. The van der Waals surface area contributed by atoms with E-state index >= 15 is 0 Å². The van der Waals surface area contributed by atoms with Crippen LogP contribution in [0.3, 0.4) is 0 Å². The first-order valence-corrected chi connectivity index (χ1v) is 5.40. The topological polar surface area (TPSA) is 87.5 Å². The number of halogens is 3. The number of carboxylic acid groups (broad SMARTS) is 1. The quantitative estimate of drug-likeness (QED) is 0.857. The van der Waals surface area contributed by atoms with Gasteiger partial charge < -0.3 is 15.3 Å². The van der Waals surface area contributed by atoms with Crippen molar-refractivity contribution >= 4 is 12.0 Å². The Bertz CT molecular complexity index is 500. The van der Waals surface area contributed by atoms with E-state index in [0.29, 0.717) is 4.90 Å². The molecule has 1 rings (SSSR count). The van der Waals surface area contributed by atoms with Crippen molar-refractivity contribution in [2.75, 3.05) is 13.6 Å². The van der Waals surface area contributed by atoms with Gasteiger partial charge in [0.2, 0.25) is 0 Å². The Morgan fingerprint density at radius 3 is 2.55 bits per heavy atom. The lowest BCUT2D eigenvalue weighted by atomic mass is 10.1. The van der Waals surface area contributed by atoms with E-state index in [1.807, 2.05) is 5.32 Å². The number of nitrogens with one attached hydrogen (secondary N) is 1. The standard InChI is InChI=1S/C10H13F3N4O3/c1-16(5-10(11,12)13)9(20)15-7(8(18)19)6-3-14-17(2)4-6/h3-4,7H,5H2,1-2H3,(H,15,20)(H,18,19). The van der Waals surface area contributed by atoms with E-state index in [4.69, 9.17) is 5.11 Å². The molecule has 0 fully saturated rings. The monoisotopic (exact) mass is 294 g/mol. The van der Waals surface area contributed by atoms with Crippen LogP contribution in [-0.2, 0) is 11.8 Å². The van der Waals surface area contributed by atoms with Gasteiger partial charge >= 0.3 is 18.2 Å². The molecule has 10 heteroatoms. The number of nitrogens with zero attached hydrogens (tertiary/aromatic N) is 3. The number of carbonyl (C=O) groups is 2. The van der Waals surface area contributed by atoms with Gasteiger partial charge in [-0.3, -0.25) is 4.68 Å². The van der Waals surface area contributed by atoms with E-state index in [1.165, 1.54) is 17.1 Å². The van der Waals surface area contributed by atoms with Crippen molar-refractivity contribution in [2.45, 2.75) is 12.2 Å². The number of aliphatic carboxylic acids is 1. The van der Waals surface area contributed by atoms with Crippen LogP contribution in [0.1, 0.15) is 11.6 Å². The van der Waals surface area contributed by atoms with Gasteiger partial charge in [0.25, 0.3) is 0 Å². The van der Waals surface area contributed by atoms with Crippen LogP contribution in [0.25, 0.3) is 0 Å². The lowest BCUT2D eigenvalue weighted by Gasteiger charge is -2.21. The highest BCUT2D eigenvalue weighted by atomic mass is 19.4. The predicted molar refractivity (Wildman–Crippen MR) is 60.8 cm³/mol. The Hall–Kier alpha value is -2.26. The van der Waals surface area contributed by atoms with Crippen LogP contribution in [-0.4, -0.2) is 51.6 Å². The molecule has 0 bridgehead atoms. The Kier molecular flexibility index (Phi) is 4.58. The molecule has 0 saturated carbocycles. The van der Waals surface area contributed by atoms with Crippen molar-refractivity contribution < 1.29 is 27.9 Å². The number of alkyl halides is 3. The van der Waals surface area contributed by atoms with Gasteiger partial charge in [-0.15, -0.1) is 0 Å². The molecule has 2 amide bonds. The zero-order chi connectivity index (χ0) is 15.5. The summed E-state index contributed by atoms with van der Waals surface area (Å²) in [7, 11) is 2.46. The van der Waals surface area contributed by atoms with Gasteiger partial charge in [-0.25, -0.2) is 9.59 Å². The van der Waals surface area contributed by atoms with Crippen LogP contribution in [0.5, 0.6) is 0 Å². The second kappa shape index (κ2) is 5.80. The third kappa shape index (κ3) is 4.44. The molecular weight excluding hydrogens is 281 g/mol. The molecule has 0 saturated heterocycles. The zero-order valence-corrected chi connectivity index (χ0v) is 10.7. The molecule has 0 aliphatic heterocycles. The van der Waals surface area contributed by atoms with E-state index in [9.17, 15) is 22.8 Å².